The predicted molar refractivity (Wildman–Crippen MR) is 77.1 cm³/mol. The van der Waals surface area contributed by atoms with Gasteiger partial charge in [0.1, 0.15) is 5.75 Å². The van der Waals surface area contributed by atoms with Crippen molar-refractivity contribution in [2.75, 3.05) is 7.11 Å². The molecule has 0 saturated carbocycles. The highest BCUT2D eigenvalue weighted by atomic mass is 16.5. The summed E-state index contributed by atoms with van der Waals surface area (Å²) in [5, 5.41) is 0. The normalized spacial score (nSPS) is 12.1. The molecule has 0 aliphatic rings. The Morgan fingerprint density at radius 2 is 2.00 bits per heavy atom. The maximum absolute atomic E-state index is 6.19. The molecule has 3 heteroatoms. The SMILES string of the molecule is COc1cncc(C(N)CCCc2ccccc2)c1. The van der Waals surface area contributed by atoms with E-state index < -0.39 is 0 Å². The van der Waals surface area contributed by atoms with Crippen molar-refractivity contribution >= 4 is 0 Å². The van der Waals surface area contributed by atoms with E-state index in [1.54, 1.807) is 13.3 Å². The Morgan fingerprint density at radius 1 is 1.21 bits per heavy atom. The Morgan fingerprint density at radius 3 is 2.74 bits per heavy atom. The maximum atomic E-state index is 6.19. The molecule has 0 spiro atoms. The van der Waals surface area contributed by atoms with Crippen LogP contribution in [0.4, 0.5) is 0 Å². The van der Waals surface area contributed by atoms with Gasteiger partial charge in [0.05, 0.1) is 13.3 Å². The van der Waals surface area contributed by atoms with E-state index in [2.05, 4.69) is 29.2 Å². The van der Waals surface area contributed by atoms with Crippen LogP contribution in [0.2, 0.25) is 0 Å². The summed E-state index contributed by atoms with van der Waals surface area (Å²) in [4.78, 5) is 4.14. The number of aryl methyl sites for hydroxylation is 1. The van der Waals surface area contributed by atoms with Crippen molar-refractivity contribution in [3.63, 3.8) is 0 Å². The first-order chi connectivity index (χ1) is 9.29. The van der Waals surface area contributed by atoms with Crippen LogP contribution in [0.25, 0.3) is 0 Å². The van der Waals surface area contributed by atoms with E-state index in [-0.39, 0.29) is 6.04 Å². The summed E-state index contributed by atoms with van der Waals surface area (Å²) in [6.45, 7) is 0. The lowest BCUT2D eigenvalue weighted by Crippen LogP contribution is -2.11. The van der Waals surface area contributed by atoms with Crippen LogP contribution in [0.1, 0.15) is 30.0 Å². The molecule has 1 aromatic carbocycles. The summed E-state index contributed by atoms with van der Waals surface area (Å²) >= 11 is 0. The largest absolute Gasteiger partial charge is 0.495 e. The van der Waals surface area contributed by atoms with Crippen LogP contribution in [0, 0.1) is 0 Å². The molecule has 0 radical (unpaired) electrons. The van der Waals surface area contributed by atoms with E-state index in [1.165, 1.54) is 5.56 Å². The highest BCUT2D eigenvalue weighted by molar-refractivity contribution is 5.25. The zero-order chi connectivity index (χ0) is 13.5. The van der Waals surface area contributed by atoms with Gasteiger partial charge in [0.2, 0.25) is 0 Å². The van der Waals surface area contributed by atoms with Gasteiger partial charge < -0.3 is 10.5 Å². The van der Waals surface area contributed by atoms with Gasteiger partial charge in [-0.25, -0.2) is 0 Å². The fraction of sp³-hybridized carbons (Fsp3) is 0.312. The Balaban J connectivity index is 1.85. The molecule has 1 unspecified atom stereocenters. The Hall–Kier alpha value is -1.87. The summed E-state index contributed by atoms with van der Waals surface area (Å²) in [6.07, 6.45) is 6.59. The molecule has 0 saturated heterocycles. The van der Waals surface area contributed by atoms with Crippen LogP contribution in [-0.2, 0) is 6.42 Å². The molecule has 0 amide bonds. The summed E-state index contributed by atoms with van der Waals surface area (Å²) in [6, 6.07) is 12.5. The van der Waals surface area contributed by atoms with Crippen LogP contribution < -0.4 is 10.5 Å². The first kappa shape index (κ1) is 13.6. The smallest absolute Gasteiger partial charge is 0.137 e. The third-order valence-electron chi connectivity index (χ3n) is 3.22. The van der Waals surface area contributed by atoms with E-state index >= 15 is 0 Å². The quantitative estimate of drug-likeness (QED) is 0.864. The van der Waals surface area contributed by atoms with Crippen LogP contribution >= 0.6 is 0 Å². The molecule has 3 nitrogen and oxygen atoms in total. The van der Waals surface area contributed by atoms with Gasteiger partial charge in [0.25, 0.3) is 0 Å². The number of benzene rings is 1. The molecular weight excluding hydrogens is 236 g/mol. The van der Waals surface area contributed by atoms with Crippen LogP contribution in [0.15, 0.2) is 48.8 Å². The van der Waals surface area contributed by atoms with Crippen molar-refractivity contribution in [2.24, 2.45) is 5.73 Å². The third kappa shape index (κ3) is 4.07. The van der Waals surface area contributed by atoms with E-state index in [1.807, 2.05) is 18.3 Å². The van der Waals surface area contributed by atoms with Gasteiger partial charge in [0.15, 0.2) is 0 Å². The number of aromatic nitrogens is 1. The number of nitrogens with zero attached hydrogens (tertiary/aromatic N) is 1. The molecular formula is C16H20N2O. The molecule has 100 valence electrons. The fourth-order valence-electron chi connectivity index (χ4n) is 2.09. The van der Waals surface area contributed by atoms with Gasteiger partial charge in [-0.3, -0.25) is 4.98 Å². The monoisotopic (exact) mass is 256 g/mol. The van der Waals surface area contributed by atoms with Gasteiger partial charge >= 0.3 is 0 Å². The van der Waals surface area contributed by atoms with Gasteiger partial charge in [-0.1, -0.05) is 30.3 Å². The summed E-state index contributed by atoms with van der Waals surface area (Å²) in [5.74, 6) is 0.760. The molecule has 19 heavy (non-hydrogen) atoms. The highest BCUT2D eigenvalue weighted by Gasteiger charge is 2.07. The van der Waals surface area contributed by atoms with Crippen molar-refractivity contribution in [2.45, 2.75) is 25.3 Å². The lowest BCUT2D eigenvalue weighted by molar-refractivity contribution is 0.411. The summed E-state index contributed by atoms with van der Waals surface area (Å²) in [5.41, 5.74) is 8.58. The van der Waals surface area contributed by atoms with Crippen LogP contribution in [0.5, 0.6) is 5.75 Å². The number of ether oxygens (including phenoxy) is 1. The van der Waals surface area contributed by atoms with Crippen LogP contribution in [0.3, 0.4) is 0 Å². The Labute approximate surface area is 114 Å². The number of hydrogen-bond acceptors (Lipinski definition) is 3. The minimum atomic E-state index is 0.0197. The number of hydrogen-bond donors (Lipinski definition) is 1. The molecule has 0 bridgehead atoms. The van der Waals surface area contributed by atoms with Crippen molar-refractivity contribution in [1.82, 2.24) is 4.98 Å². The van der Waals surface area contributed by atoms with Crippen molar-refractivity contribution < 1.29 is 4.74 Å². The van der Waals surface area contributed by atoms with E-state index in [9.17, 15) is 0 Å². The molecule has 1 atom stereocenters. The molecule has 1 heterocycles. The number of pyridine rings is 1. The minimum absolute atomic E-state index is 0.0197. The second-order valence-electron chi connectivity index (χ2n) is 4.64. The van der Waals surface area contributed by atoms with E-state index in [0.717, 1.165) is 30.6 Å². The molecule has 2 N–H and O–H groups in total. The van der Waals surface area contributed by atoms with Crippen LogP contribution in [-0.4, -0.2) is 12.1 Å². The number of nitrogens with two attached hydrogens (primary N) is 1. The first-order valence-electron chi connectivity index (χ1n) is 6.58. The average molecular weight is 256 g/mol. The molecule has 2 rings (SSSR count). The topological polar surface area (TPSA) is 48.1 Å². The lowest BCUT2D eigenvalue weighted by atomic mass is 10.0. The van der Waals surface area contributed by atoms with Crippen molar-refractivity contribution in [3.8, 4) is 5.75 Å². The van der Waals surface area contributed by atoms with Crippen molar-refractivity contribution in [3.05, 3.63) is 59.9 Å². The van der Waals surface area contributed by atoms with E-state index in [4.69, 9.17) is 10.5 Å². The number of methoxy groups -OCH3 is 1. The summed E-state index contributed by atoms with van der Waals surface area (Å²) < 4.78 is 5.16. The number of rotatable bonds is 6. The van der Waals surface area contributed by atoms with Gasteiger partial charge in [-0.15, -0.1) is 0 Å². The first-order valence-corrected chi connectivity index (χ1v) is 6.58. The van der Waals surface area contributed by atoms with Crippen molar-refractivity contribution in [1.29, 1.82) is 0 Å². The minimum Gasteiger partial charge on any atom is -0.495 e. The third-order valence-corrected chi connectivity index (χ3v) is 3.22. The highest BCUT2D eigenvalue weighted by Crippen LogP contribution is 2.20. The lowest BCUT2D eigenvalue weighted by Gasteiger charge is -2.12. The average Bonchev–Trinajstić information content (AvgIpc) is 2.48. The second-order valence-corrected chi connectivity index (χ2v) is 4.64. The molecule has 1 aromatic heterocycles. The predicted octanol–water partition coefficient (Wildman–Crippen LogP) is 3.11. The molecule has 0 aliphatic heterocycles. The maximum Gasteiger partial charge on any atom is 0.137 e. The summed E-state index contributed by atoms with van der Waals surface area (Å²) in [7, 11) is 1.64. The van der Waals surface area contributed by atoms with Gasteiger partial charge in [0, 0.05) is 12.2 Å². The molecule has 2 aromatic rings. The van der Waals surface area contributed by atoms with Gasteiger partial charge in [-0.05, 0) is 36.5 Å². The Kier molecular flexibility index (Phi) is 4.93. The standard InChI is InChI=1S/C16H20N2O/c1-19-15-10-14(11-18-12-15)16(17)9-5-8-13-6-3-2-4-7-13/h2-4,6-7,10-12,16H,5,8-9,17H2,1H3. The zero-order valence-electron chi connectivity index (χ0n) is 11.3. The van der Waals surface area contributed by atoms with Gasteiger partial charge in [-0.2, -0.15) is 0 Å². The second kappa shape index (κ2) is 6.90. The molecule has 0 aliphatic carbocycles. The molecule has 0 fully saturated rings. The van der Waals surface area contributed by atoms with E-state index in [0.29, 0.717) is 0 Å². The Bertz CT molecular complexity index is 499. The fourth-order valence-corrected chi connectivity index (χ4v) is 2.09. The zero-order valence-corrected chi connectivity index (χ0v) is 11.3.